The van der Waals surface area contributed by atoms with E-state index in [1.54, 1.807) is 0 Å². The summed E-state index contributed by atoms with van der Waals surface area (Å²) < 4.78 is 3.60. The van der Waals surface area contributed by atoms with Gasteiger partial charge in [-0.3, -0.25) is 0 Å². The van der Waals surface area contributed by atoms with Crippen LogP contribution in [0.1, 0.15) is 64.2 Å². The molecular formula is C17H36O9P2. The smallest absolute Gasteiger partial charge is 0.334 e. The minimum absolute atomic E-state index is 0.0841. The van der Waals surface area contributed by atoms with Crippen LogP contribution in [0, 0.1) is 17.3 Å². The average molecular weight is 446 g/mol. The lowest BCUT2D eigenvalue weighted by Gasteiger charge is -2.55. The first-order valence-electron chi connectivity index (χ1n) is 9.86. The Balaban J connectivity index is 0.000000480. The third-order valence-corrected chi connectivity index (χ3v) is 7.53. The SMILES string of the molecule is OCC(CO)(CO)C(O)(C1CCCCC1)C1CCCCC1.OP(O)OP(O)O. The van der Waals surface area contributed by atoms with Crippen molar-refractivity contribution in [2.75, 3.05) is 19.8 Å². The van der Waals surface area contributed by atoms with E-state index in [1.807, 2.05) is 0 Å². The fourth-order valence-electron chi connectivity index (χ4n) is 4.88. The van der Waals surface area contributed by atoms with Gasteiger partial charge in [0, 0.05) is 0 Å². The van der Waals surface area contributed by atoms with Gasteiger partial charge in [0.15, 0.2) is 0 Å². The molecule has 0 bridgehead atoms. The Kier molecular flexibility index (Phi) is 12.3. The molecule has 2 saturated carbocycles. The molecule has 168 valence electrons. The van der Waals surface area contributed by atoms with Crippen LogP contribution in [0.15, 0.2) is 0 Å². The standard InChI is InChI=1S/C17H32O4.H4O5P2/c18-11-16(12-19,13-20)17(21,14-7-3-1-4-8-14)15-9-5-2-6-10-15;1-6(2)5-7(3)4/h14-15,18-21H,1-13H2;1-4H. The van der Waals surface area contributed by atoms with E-state index in [1.165, 1.54) is 12.8 Å². The van der Waals surface area contributed by atoms with E-state index >= 15 is 0 Å². The maximum atomic E-state index is 11.7. The summed E-state index contributed by atoms with van der Waals surface area (Å²) >= 11 is 0. The Hall–Kier alpha value is 0.500. The molecule has 9 nitrogen and oxygen atoms in total. The molecular weight excluding hydrogens is 410 g/mol. The predicted molar refractivity (Wildman–Crippen MR) is 106 cm³/mol. The highest BCUT2D eigenvalue weighted by molar-refractivity contribution is 7.53. The van der Waals surface area contributed by atoms with E-state index in [9.17, 15) is 20.4 Å². The molecule has 11 heteroatoms. The van der Waals surface area contributed by atoms with Gasteiger partial charge in [0.2, 0.25) is 0 Å². The molecule has 0 unspecified atom stereocenters. The number of aliphatic hydroxyl groups is 4. The minimum atomic E-state index is -2.61. The summed E-state index contributed by atoms with van der Waals surface area (Å²) in [6, 6.07) is 0. The summed E-state index contributed by atoms with van der Waals surface area (Å²) in [4.78, 5) is 31.3. The van der Waals surface area contributed by atoms with E-state index in [2.05, 4.69) is 4.31 Å². The first kappa shape index (κ1) is 26.5. The quantitative estimate of drug-likeness (QED) is 0.256. The first-order chi connectivity index (χ1) is 13.3. The molecule has 0 aromatic rings. The second-order valence-electron chi connectivity index (χ2n) is 7.84. The van der Waals surface area contributed by atoms with Gasteiger partial charge in [0.25, 0.3) is 0 Å². The van der Waals surface area contributed by atoms with E-state index in [-0.39, 0.29) is 31.7 Å². The fraction of sp³-hybridized carbons (Fsp3) is 1.00. The lowest BCUT2D eigenvalue weighted by Crippen LogP contribution is -2.64. The van der Waals surface area contributed by atoms with Crippen LogP contribution in [0.25, 0.3) is 0 Å². The van der Waals surface area contributed by atoms with Crippen molar-refractivity contribution in [3.63, 3.8) is 0 Å². The molecule has 8 N–H and O–H groups in total. The fourth-order valence-corrected chi connectivity index (χ4v) is 5.40. The Bertz CT molecular complexity index is 377. The maximum Gasteiger partial charge on any atom is 0.334 e. The first-order valence-corrected chi connectivity index (χ1v) is 12.2. The third kappa shape index (κ3) is 6.76. The molecule has 0 aromatic heterocycles. The van der Waals surface area contributed by atoms with Crippen molar-refractivity contribution in [2.24, 2.45) is 17.3 Å². The van der Waals surface area contributed by atoms with Crippen molar-refractivity contribution in [3.8, 4) is 0 Å². The number of rotatable bonds is 8. The summed E-state index contributed by atoms with van der Waals surface area (Å²) in [6.07, 6.45) is 10.5. The Labute approximate surface area is 169 Å². The normalized spacial score (nSPS) is 20.4. The molecule has 2 aliphatic rings. The Morgan fingerprint density at radius 2 is 0.964 bits per heavy atom. The highest BCUT2D eigenvalue weighted by Crippen LogP contribution is 2.51. The zero-order valence-corrected chi connectivity index (χ0v) is 18.0. The van der Waals surface area contributed by atoms with E-state index < -0.39 is 28.2 Å². The highest BCUT2D eigenvalue weighted by atomic mass is 31.2. The van der Waals surface area contributed by atoms with Crippen LogP contribution < -0.4 is 0 Å². The number of aliphatic hydroxyl groups excluding tert-OH is 3. The largest absolute Gasteiger partial charge is 0.395 e. The Morgan fingerprint density at radius 1 is 0.643 bits per heavy atom. The summed E-state index contributed by atoms with van der Waals surface area (Å²) in [7, 11) is -5.22. The van der Waals surface area contributed by atoms with Crippen molar-refractivity contribution in [1.29, 1.82) is 0 Å². The summed E-state index contributed by atoms with van der Waals surface area (Å²) in [5, 5.41) is 41.4. The average Bonchev–Trinajstić information content (AvgIpc) is 2.70. The van der Waals surface area contributed by atoms with Crippen molar-refractivity contribution < 1.29 is 44.3 Å². The summed E-state index contributed by atoms with van der Waals surface area (Å²) in [5.41, 5.74) is -2.33. The molecule has 0 radical (unpaired) electrons. The molecule has 2 fully saturated rings. The van der Waals surface area contributed by atoms with Crippen molar-refractivity contribution in [2.45, 2.75) is 69.8 Å². The Morgan fingerprint density at radius 3 is 1.18 bits per heavy atom. The van der Waals surface area contributed by atoms with Gasteiger partial charge < -0.3 is 40.0 Å². The van der Waals surface area contributed by atoms with Gasteiger partial charge in [-0.05, 0) is 37.5 Å². The lowest BCUT2D eigenvalue weighted by atomic mass is 9.55. The van der Waals surface area contributed by atoms with Crippen LogP contribution in [-0.2, 0) is 4.31 Å². The van der Waals surface area contributed by atoms with Gasteiger partial charge in [-0.1, -0.05) is 38.5 Å². The zero-order chi connectivity index (χ0) is 21.2. The molecule has 0 aromatic carbocycles. The molecule has 0 amide bonds. The van der Waals surface area contributed by atoms with Crippen LogP contribution in [0.4, 0.5) is 0 Å². The van der Waals surface area contributed by atoms with Crippen LogP contribution in [0.2, 0.25) is 0 Å². The molecule has 2 rings (SSSR count). The lowest BCUT2D eigenvalue weighted by molar-refractivity contribution is -0.220. The van der Waals surface area contributed by atoms with E-state index in [0.717, 1.165) is 51.4 Å². The van der Waals surface area contributed by atoms with Crippen molar-refractivity contribution >= 4 is 17.2 Å². The van der Waals surface area contributed by atoms with Crippen LogP contribution in [0.3, 0.4) is 0 Å². The van der Waals surface area contributed by atoms with Gasteiger partial charge in [0.1, 0.15) is 0 Å². The molecule has 0 heterocycles. The van der Waals surface area contributed by atoms with Gasteiger partial charge in [-0.2, -0.15) is 0 Å². The molecule has 28 heavy (non-hydrogen) atoms. The maximum absolute atomic E-state index is 11.7. The van der Waals surface area contributed by atoms with Crippen LogP contribution in [0.5, 0.6) is 0 Å². The molecule has 0 saturated heterocycles. The second-order valence-corrected chi connectivity index (χ2v) is 9.50. The van der Waals surface area contributed by atoms with Gasteiger partial charge in [-0.25, -0.2) is 4.31 Å². The zero-order valence-electron chi connectivity index (χ0n) is 16.2. The van der Waals surface area contributed by atoms with Crippen LogP contribution >= 0.6 is 17.2 Å². The summed E-state index contributed by atoms with van der Waals surface area (Å²) in [5.74, 6) is 0.168. The van der Waals surface area contributed by atoms with Gasteiger partial charge in [0.05, 0.1) is 30.8 Å². The molecule has 2 aliphatic carbocycles. The third-order valence-electron chi connectivity index (χ3n) is 6.36. The van der Waals surface area contributed by atoms with Crippen molar-refractivity contribution in [1.82, 2.24) is 0 Å². The van der Waals surface area contributed by atoms with E-state index in [4.69, 9.17) is 19.6 Å². The summed E-state index contributed by atoms with van der Waals surface area (Å²) in [6.45, 7) is -1.07. The minimum Gasteiger partial charge on any atom is -0.395 e. The molecule has 0 atom stereocenters. The second kappa shape index (κ2) is 13.0. The monoisotopic (exact) mass is 446 g/mol. The molecule has 0 spiro atoms. The topological polar surface area (TPSA) is 171 Å². The number of hydrogen-bond donors (Lipinski definition) is 8. The molecule has 0 aliphatic heterocycles. The predicted octanol–water partition coefficient (Wildman–Crippen LogP) is 1.27. The van der Waals surface area contributed by atoms with Crippen LogP contribution in [-0.4, -0.2) is 65.4 Å². The number of hydrogen-bond acceptors (Lipinski definition) is 9. The highest BCUT2D eigenvalue weighted by Gasteiger charge is 2.57. The van der Waals surface area contributed by atoms with Gasteiger partial charge in [-0.15, -0.1) is 0 Å². The van der Waals surface area contributed by atoms with Gasteiger partial charge >= 0.3 is 17.2 Å². The van der Waals surface area contributed by atoms with E-state index in [0.29, 0.717) is 0 Å². The van der Waals surface area contributed by atoms with Crippen molar-refractivity contribution in [3.05, 3.63) is 0 Å².